The van der Waals surface area contributed by atoms with Crippen molar-refractivity contribution >= 4 is 0 Å². The molecule has 0 bridgehead atoms. The van der Waals surface area contributed by atoms with E-state index in [2.05, 4.69) is 14.9 Å². The van der Waals surface area contributed by atoms with Crippen LogP contribution in [0.2, 0.25) is 0 Å². The zero-order valence-electron chi connectivity index (χ0n) is 17.0. The van der Waals surface area contributed by atoms with Crippen LogP contribution in [0, 0.1) is 11.6 Å². The van der Waals surface area contributed by atoms with E-state index in [0.717, 1.165) is 50.2 Å². The van der Waals surface area contributed by atoms with E-state index in [1.54, 1.807) is 12.3 Å². The molecule has 1 spiro atoms. The standard InChI is InChI=1S/C24H23F2N3O2/c25-20-3-2-17(11-21(20)26)23(30)22-4-1-16(12-28-22)14-29-9-6-24(7-10-29)19-13-27-8-5-18(19)15-31-24/h1-5,8,11-13,23,30H,6-7,9-10,14-15H2. The minimum atomic E-state index is -1.10. The molecule has 3 aromatic rings. The van der Waals surface area contributed by atoms with Crippen LogP contribution >= 0.6 is 0 Å². The summed E-state index contributed by atoms with van der Waals surface area (Å²) in [5.41, 5.74) is 3.96. The monoisotopic (exact) mass is 423 g/mol. The molecule has 0 amide bonds. The van der Waals surface area contributed by atoms with Crippen LogP contribution < -0.4 is 0 Å². The number of aliphatic hydroxyl groups is 1. The number of ether oxygens (including phenoxy) is 1. The highest BCUT2D eigenvalue weighted by molar-refractivity contribution is 5.33. The molecule has 0 aliphatic carbocycles. The van der Waals surface area contributed by atoms with Crippen LogP contribution in [-0.2, 0) is 23.5 Å². The van der Waals surface area contributed by atoms with Crippen molar-refractivity contribution in [2.24, 2.45) is 0 Å². The summed E-state index contributed by atoms with van der Waals surface area (Å²) in [5, 5.41) is 10.4. The number of rotatable bonds is 4. The summed E-state index contributed by atoms with van der Waals surface area (Å²) < 4.78 is 32.8. The first-order valence-corrected chi connectivity index (χ1v) is 10.4. The molecule has 5 rings (SSSR count). The van der Waals surface area contributed by atoms with Gasteiger partial charge in [-0.25, -0.2) is 8.78 Å². The average Bonchev–Trinajstić information content (AvgIpc) is 3.16. The molecule has 2 aliphatic heterocycles. The van der Waals surface area contributed by atoms with Crippen molar-refractivity contribution in [1.29, 1.82) is 0 Å². The van der Waals surface area contributed by atoms with Gasteiger partial charge in [0, 0.05) is 43.8 Å². The molecular formula is C24H23F2N3O2. The Morgan fingerprint density at radius 2 is 1.90 bits per heavy atom. The number of likely N-dealkylation sites (tertiary alicyclic amines) is 1. The molecule has 5 nitrogen and oxygen atoms in total. The van der Waals surface area contributed by atoms with Gasteiger partial charge in [-0.15, -0.1) is 0 Å². The molecule has 7 heteroatoms. The van der Waals surface area contributed by atoms with Crippen LogP contribution in [0.3, 0.4) is 0 Å². The van der Waals surface area contributed by atoms with Crippen molar-refractivity contribution in [3.8, 4) is 0 Å². The van der Waals surface area contributed by atoms with Gasteiger partial charge in [-0.05, 0) is 53.8 Å². The number of pyridine rings is 2. The highest BCUT2D eigenvalue weighted by Crippen LogP contribution is 2.43. The van der Waals surface area contributed by atoms with Gasteiger partial charge in [0.05, 0.1) is 17.9 Å². The van der Waals surface area contributed by atoms with Gasteiger partial charge in [0.15, 0.2) is 11.6 Å². The number of hydrogen-bond donors (Lipinski definition) is 1. The largest absolute Gasteiger partial charge is 0.382 e. The van der Waals surface area contributed by atoms with Gasteiger partial charge in [0.1, 0.15) is 6.10 Å². The van der Waals surface area contributed by atoms with Crippen LogP contribution in [0.25, 0.3) is 0 Å². The fourth-order valence-electron chi connectivity index (χ4n) is 4.54. The molecule has 160 valence electrons. The minimum absolute atomic E-state index is 0.212. The Bertz CT molecular complexity index is 1080. The van der Waals surface area contributed by atoms with E-state index >= 15 is 0 Å². The topological polar surface area (TPSA) is 58.5 Å². The summed E-state index contributed by atoms with van der Waals surface area (Å²) in [5.74, 6) is -1.92. The molecular weight excluding hydrogens is 400 g/mol. The van der Waals surface area contributed by atoms with E-state index in [-0.39, 0.29) is 11.2 Å². The van der Waals surface area contributed by atoms with E-state index < -0.39 is 17.7 Å². The maximum absolute atomic E-state index is 13.4. The maximum Gasteiger partial charge on any atom is 0.159 e. The normalized spacial score (nSPS) is 18.8. The van der Waals surface area contributed by atoms with Crippen LogP contribution in [0.15, 0.2) is 55.0 Å². The Morgan fingerprint density at radius 1 is 1.06 bits per heavy atom. The summed E-state index contributed by atoms with van der Waals surface area (Å²) in [4.78, 5) is 11.0. The molecule has 31 heavy (non-hydrogen) atoms. The second-order valence-electron chi connectivity index (χ2n) is 8.26. The van der Waals surface area contributed by atoms with Gasteiger partial charge in [0.25, 0.3) is 0 Å². The predicted octanol–water partition coefficient (Wildman–Crippen LogP) is 3.86. The Kier molecular flexibility index (Phi) is 5.25. The molecule has 1 atom stereocenters. The summed E-state index contributed by atoms with van der Waals surface area (Å²) in [7, 11) is 0. The Morgan fingerprint density at radius 3 is 2.65 bits per heavy atom. The molecule has 1 fully saturated rings. The molecule has 1 aromatic carbocycles. The lowest BCUT2D eigenvalue weighted by atomic mass is 9.84. The second kappa shape index (κ2) is 8.07. The lowest BCUT2D eigenvalue weighted by Gasteiger charge is -2.39. The highest BCUT2D eigenvalue weighted by atomic mass is 19.2. The first-order valence-electron chi connectivity index (χ1n) is 10.4. The lowest BCUT2D eigenvalue weighted by Crippen LogP contribution is -2.42. The number of hydrogen-bond acceptors (Lipinski definition) is 5. The van der Waals surface area contributed by atoms with Gasteiger partial charge in [-0.3, -0.25) is 14.9 Å². The third-order valence-electron chi connectivity index (χ3n) is 6.36. The third kappa shape index (κ3) is 3.84. The summed E-state index contributed by atoms with van der Waals surface area (Å²) in [6.07, 6.45) is 6.23. The quantitative estimate of drug-likeness (QED) is 0.691. The van der Waals surface area contributed by atoms with Gasteiger partial charge >= 0.3 is 0 Å². The number of aliphatic hydroxyl groups excluding tert-OH is 1. The van der Waals surface area contributed by atoms with Crippen LogP contribution in [0.1, 0.15) is 46.9 Å². The molecule has 0 saturated carbocycles. The first kappa shape index (κ1) is 20.2. The number of fused-ring (bicyclic) bond motifs is 2. The smallest absolute Gasteiger partial charge is 0.159 e. The number of aromatic nitrogens is 2. The molecule has 0 radical (unpaired) electrons. The fraction of sp³-hybridized carbons (Fsp3) is 0.333. The fourth-order valence-corrected chi connectivity index (χ4v) is 4.54. The number of halogens is 2. The molecule has 2 aromatic heterocycles. The van der Waals surface area contributed by atoms with Gasteiger partial charge in [0.2, 0.25) is 0 Å². The lowest BCUT2D eigenvalue weighted by molar-refractivity contribution is -0.0800. The second-order valence-corrected chi connectivity index (χ2v) is 8.26. The third-order valence-corrected chi connectivity index (χ3v) is 6.36. The number of nitrogens with zero attached hydrogens (tertiary/aromatic N) is 3. The van der Waals surface area contributed by atoms with Crippen molar-refractivity contribution in [2.75, 3.05) is 13.1 Å². The van der Waals surface area contributed by atoms with E-state index in [9.17, 15) is 13.9 Å². The van der Waals surface area contributed by atoms with Gasteiger partial charge < -0.3 is 9.84 Å². The minimum Gasteiger partial charge on any atom is -0.382 e. The first-order chi connectivity index (χ1) is 15.0. The zero-order chi connectivity index (χ0) is 21.4. The summed E-state index contributed by atoms with van der Waals surface area (Å²) in [6.45, 7) is 3.23. The SMILES string of the molecule is OC(c1ccc(F)c(F)c1)c1ccc(CN2CCC3(CC2)OCc2ccncc23)cn1. The van der Waals surface area contributed by atoms with Crippen molar-refractivity contribution in [3.05, 3.63) is 94.6 Å². The van der Waals surface area contributed by atoms with E-state index in [1.807, 2.05) is 24.5 Å². The van der Waals surface area contributed by atoms with Crippen LogP contribution in [-0.4, -0.2) is 33.1 Å². The van der Waals surface area contributed by atoms with Crippen molar-refractivity contribution in [2.45, 2.75) is 37.7 Å². The Labute approximate surface area is 179 Å². The Hall–Kier alpha value is -2.74. The molecule has 2 aliphatic rings. The van der Waals surface area contributed by atoms with E-state index in [4.69, 9.17) is 4.74 Å². The molecule has 4 heterocycles. The average molecular weight is 423 g/mol. The van der Waals surface area contributed by atoms with Crippen molar-refractivity contribution in [1.82, 2.24) is 14.9 Å². The number of piperidine rings is 1. The highest BCUT2D eigenvalue weighted by Gasteiger charge is 2.42. The van der Waals surface area contributed by atoms with Crippen LogP contribution in [0.5, 0.6) is 0 Å². The summed E-state index contributed by atoms with van der Waals surface area (Å²) >= 11 is 0. The van der Waals surface area contributed by atoms with Gasteiger partial charge in [-0.2, -0.15) is 0 Å². The molecule has 1 saturated heterocycles. The number of benzene rings is 1. The van der Waals surface area contributed by atoms with Crippen LogP contribution in [0.4, 0.5) is 8.78 Å². The van der Waals surface area contributed by atoms with Gasteiger partial charge in [-0.1, -0.05) is 12.1 Å². The van der Waals surface area contributed by atoms with E-state index in [0.29, 0.717) is 12.3 Å². The zero-order valence-corrected chi connectivity index (χ0v) is 17.0. The van der Waals surface area contributed by atoms with Crippen molar-refractivity contribution < 1.29 is 18.6 Å². The molecule has 1 unspecified atom stereocenters. The Balaban J connectivity index is 1.22. The summed E-state index contributed by atoms with van der Waals surface area (Å²) in [6, 6.07) is 9.06. The maximum atomic E-state index is 13.4. The predicted molar refractivity (Wildman–Crippen MR) is 110 cm³/mol. The molecule has 1 N–H and O–H groups in total. The van der Waals surface area contributed by atoms with E-state index in [1.165, 1.54) is 17.2 Å². The van der Waals surface area contributed by atoms with Crippen molar-refractivity contribution in [3.63, 3.8) is 0 Å².